The summed E-state index contributed by atoms with van der Waals surface area (Å²) in [6.45, 7) is 3.68. The molecule has 1 fully saturated rings. The second-order valence-corrected chi connectivity index (χ2v) is 4.20. The van der Waals surface area contributed by atoms with Crippen LogP contribution in [0.4, 0.5) is 4.79 Å². The van der Waals surface area contributed by atoms with Gasteiger partial charge in [0.1, 0.15) is 0 Å². The van der Waals surface area contributed by atoms with E-state index in [1.54, 1.807) is 16.7 Å². The Morgan fingerprint density at radius 1 is 1.61 bits per heavy atom. The zero-order valence-electron chi connectivity index (χ0n) is 10.8. The molecule has 18 heavy (non-hydrogen) atoms. The van der Waals surface area contributed by atoms with Gasteiger partial charge in [0.2, 0.25) is 5.88 Å². The van der Waals surface area contributed by atoms with Crippen molar-refractivity contribution in [3.63, 3.8) is 0 Å². The third kappa shape index (κ3) is 2.92. The second kappa shape index (κ2) is 5.72. The molecule has 0 aliphatic carbocycles. The van der Waals surface area contributed by atoms with Crippen molar-refractivity contribution in [2.24, 2.45) is 7.05 Å². The average molecular weight is 253 g/mol. The first-order valence-electron chi connectivity index (χ1n) is 6.01. The minimum absolute atomic E-state index is 0.0244. The van der Waals surface area contributed by atoms with E-state index < -0.39 is 0 Å². The molecule has 7 nitrogen and oxygen atoms in total. The number of hydrogen-bond acceptors (Lipinski definition) is 4. The summed E-state index contributed by atoms with van der Waals surface area (Å²) in [5.74, 6) is 0.741. The standard InChI is InChI=1S/C11H19N5O2/c1-15-10(18-2)7-9(14-15)8-12-3-5-16-6-4-13-11(16)17/h7,12H,3-6,8H2,1-2H3,(H,13,17). The molecule has 1 aliphatic rings. The molecular formula is C11H19N5O2. The summed E-state index contributed by atoms with van der Waals surface area (Å²) in [6.07, 6.45) is 0. The van der Waals surface area contributed by atoms with Crippen LogP contribution in [0.3, 0.4) is 0 Å². The highest BCUT2D eigenvalue weighted by Gasteiger charge is 2.18. The third-order valence-corrected chi connectivity index (χ3v) is 2.91. The zero-order chi connectivity index (χ0) is 13.0. The lowest BCUT2D eigenvalue weighted by atomic mass is 10.4. The molecule has 0 radical (unpaired) electrons. The highest BCUT2D eigenvalue weighted by molar-refractivity contribution is 5.76. The van der Waals surface area contributed by atoms with Gasteiger partial charge in [-0.1, -0.05) is 0 Å². The third-order valence-electron chi connectivity index (χ3n) is 2.91. The molecule has 0 atom stereocenters. The molecule has 100 valence electrons. The van der Waals surface area contributed by atoms with E-state index in [9.17, 15) is 4.79 Å². The van der Waals surface area contributed by atoms with Gasteiger partial charge in [0.05, 0.1) is 12.8 Å². The quantitative estimate of drug-likeness (QED) is 0.673. The molecule has 0 saturated carbocycles. The summed E-state index contributed by atoms with van der Waals surface area (Å²) < 4.78 is 6.84. The zero-order valence-corrected chi connectivity index (χ0v) is 10.8. The van der Waals surface area contributed by atoms with Crippen LogP contribution in [-0.4, -0.2) is 54.0 Å². The summed E-state index contributed by atoms with van der Waals surface area (Å²) >= 11 is 0. The number of aryl methyl sites for hydroxylation is 1. The fourth-order valence-electron chi connectivity index (χ4n) is 1.94. The summed E-state index contributed by atoms with van der Waals surface area (Å²) in [6, 6.07) is 1.92. The van der Waals surface area contributed by atoms with Crippen LogP contribution in [0.5, 0.6) is 5.88 Å². The lowest BCUT2D eigenvalue weighted by molar-refractivity contribution is 0.217. The molecule has 1 saturated heterocycles. The van der Waals surface area contributed by atoms with Gasteiger partial charge in [-0.15, -0.1) is 0 Å². The first kappa shape index (κ1) is 12.7. The summed E-state index contributed by atoms with van der Waals surface area (Å²) in [5.41, 5.74) is 0.931. The van der Waals surface area contributed by atoms with Crippen LogP contribution in [0.1, 0.15) is 5.69 Å². The van der Waals surface area contributed by atoms with Crippen molar-refractivity contribution in [1.82, 2.24) is 25.3 Å². The van der Waals surface area contributed by atoms with E-state index in [4.69, 9.17) is 4.74 Å². The normalized spacial score (nSPS) is 15.0. The number of nitrogens with zero attached hydrogens (tertiary/aromatic N) is 3. The average Bonchev–Trinajstić information content (AvgIpc) is 2.91. The SMILES string of the molecule is COc1cc(CNCCN2CCNC2=O)nn1C. The van der Waals surface area contributed by atoms with E-state index in [-0.39, 0.29) is 6.03 Å². The van der Waals surface area contributed by atoms with Crippen LogP contribution in [0.2, 0.25) is 0 Å². The van der Waals surface area contributed by atoms with Gasteiger partial charge >= 0.3 is 6.03 Å². The van der Waals surface area contributed by atoms with Crippen LogP contribution >= 0.6 is 0 Å². The Morgan fingerprint density at radius 2 is 2.44 bits per heavy atom. The first-order valence-corrected chi connectivity index (χ1v) is 6.01. The smallest absolute Gasteiger partial charge is 0.317 e. The number of ether oxygens (including phenoxy) is 1. The minimum Gasteiger partial charge on any atom is -0.481 e. The number of rotatable bonds is 6. The van der Waals surface area contributed by atoms with Gasteiger partial charge in [-0.2, -0.15) is 5.10 Å². The number of carbonyl (C=O) groups excluding carboxylic acids is 1. The van der Waals surface area contributed by atoms with Crippen LogP contribution in [0.25, 0.3) is 0 Å². The molecule has 0 bridgehead atoms. The number of urea groups is 1. The topological polar surface area (TPSA) is 71.4 Å². The van der Waals surface area contributed by atoms with Crippen LogP contribution in [0, 0.1) is 0 Å². The number of hydrogen-bond donors (Lipinski definition) is 2. The van der Waals surface area contributed by atoms with Crippen molar-refractivity contribution in [1.29, 1.82) is 0 Å². The van der Waals surface area contributed by atoms with E-state index in [1.165, 1.54) is 0 Å². The van der Waals surface area contributed by atoms with Crippen LogP contribution in [0.15, 0.2) is 6.07 Å². The molecule has 0 unspecified atom stereocenters. The molecule has 2 heterocycles. The van der Waals surface area contributed by atoms with Crippen molar-refractivity contribution in [2.45, 2.75) is 6.54 Å². The number of carbonyl (C=O) groups is 1. The predicted molar refractivity (Wildman–Crippen MR) is 66.4 cm³/mol. The molecule has 0 spiro atoms. The summed E-state index contributed by atoms with van der Waals surface area (Å²) in [4.78, 5) is 13.1. The summed E-state index contributed by atoms with van der Waals surface area (Å²) in [7, 11) is 3.47. The maximum absolute atomic E-state index is 11.3. The highest BCUT2D eigenvalue weighted by atomic mass is 16.5. The Balaban J connectivity index is 1.70. The van der Waals surface area contributed by atoms with Crippen molar-refractivity contribution >= 4 is 6.03 Å². The van der Waals surface area contributed by atoms with Gasteiger partial charge in [-0.05, 0) is 0 Å². The lowest BCUT2D eigenvalue weighted by Gasteiger charge is -2.13. The van der Waals surface area contributed by atoms with Crippen molar-refractivity contribution in [2.75, 3.05) is 33.3 Å². The Hall–Kier alpha value is -1.76. The Bertz CT molecular complexity index is 418. The Morgan fingerprint density at radius 3 is 3.06 bits per heavy atom. The lowest BCUT2D eigenvalue weighted by Crippen LogP contribution is -2.34. The number of methoxy groups -OCH3 is 1. The molecule has 1 aromatic rings. The monoisotopic (exact) mass is 253 g/mol. The molecule has 1 aromatic heterocycles. The largest absolute Gasteiger partial charge is 0.481 e. The van der Waals surface area contributed by atoms with Crippen molar-refractivity contribution in [3.8, 4) is 5.88 Å². The van der Waals surface area contributed by atoms with E-state index in [2.05, 4.69) is 15.7 Å². The number of nitrogens with one attached hydrogen (secondary N) is 2. The molecule has 7 heteroatoms. The Kier molecular flexibility index (Phi) is 4.03. The summed E-state index contributed by atoms with van der Waals surface area (Å²) in [5, 5.41) is 10.3. The molecule has 0 aromatic carbocycles. The fraction of sp³-hybridized carbons (Fsp3) is 0.636. The van der Waals surface area contributed by atoms with E-state index >= 15 is 0 Å². The Labute approximate surface area is 106 Å². The second-order valence-electron chi connectivity index (χ2n) is 4.20. The van der Waals surface area contributed by atoms with Crippen LogP contribution in [-0.2, 0) is 13.6 Å². The highest BCUT2D eigenvalue weighted by Crippen LogP contribution is 2.10. The van der Waals surface area contributed by atoms with Gasteiger partial charge in [0.25, 0.3) is 0 Å². The number of amides is 2. The van der Waals surface area contributed by atoms with Gasteiger partial charge in [0, 0.05) is 45.8 Å². The van der Waals surface area contributed by atoms with Gasteiger partial charge < -0.3 is 20.3 Å². The number of aromatic nitrogens is 2. The van der Waals surface area contributed by atoms with Crippen molar-refractivity contribution in [3.05, 3.63) is 11.8 Å². The maximum Gasteiger partial charge on any atom is 0.317 e. The van der Waals surface area contributed by atoms with Crippen LogP contribution < -0.4 is 15.4 Å². The molecule has 2 N–H and O–H groups in total. The van der Waals surface area contributed by atoms with E-state index in [0.29, 0.717) is 6.54 Å². The molecule has 2 amide bonds. The van der Waals surface area contributed by atoms with Gasteiger partial charge in [-0.3, -0.25) is 0 Å². The molecular weight excluding hydrogens is 234 g/mol. The molecule has 1 aliphatic heterocycles. The molecule has 2 rings (SSSR count). The van der Waals surface area contributed by atoms with Gasteiger partial charge in [0.15, 0.2) is 0 Å². The van der Waals surface area contributed by atoms with E-state index in [1.807, 2.05) is 13.1 Å². The fourth-order valence-corrected chi connectivity index (χ4v) is 1.94. The van der Waals surface area contributed by atoms with Gasteiger partial charge in [-0.25, -0.2) is 9.48 Å². The van der Waals surface area contributed by atoms with E-state index in [0.717, 1.165) is 37.8 Å². The maximum atomic E-state index is 11.3. The predicted octanol–water partition coefficient (Wildman–Crippen LogP) is -0.456. The van der Waals surface area contributed by atoms with Crippen molar-refractivity contribution < 1.29 is 9.53 Å². The minimum atomic E-state index is 0.0244. The first-order chi connectivity index (χ1) is 8.70.